The lowest BCUT2D eigenvalue weighted by atomic mass is 9.80. The predicted octanol–water partition coefficient (Wildman–Crippen LogP) is 1.33. The molecule has 1 saturated carbocycles. The summed E-state index contributed by atoms with van der Waals surface area (Å²) >= 11 is 0. The molecule has 0 aromatic heterocycles. The van der Waals surface area contributed by atoms with E-state index in [9.17, 15) is 0 Å². The number of ether oxygens (including phenoxy) is 1. The van der Waals surface area contributed by atoms with Crippen LogP contribution in [-0.4, -0.2) is 23.9 Å². The molecule has 0 aromatic carbocycles. The summed E-state index contributed by atoms with van der Waals surface area (Å²) in [5.41, 5.74) is -0.0829. The third-order valence-corrected chi connectivity index (χ3v) is 3.13. The summed E-state index contributed by atoms with van der Waals surface area (Å²) in [7, 11) is 0. The quantitative estimate of drug-likeness (QED) is 0.612. The van der Waals surface area contributed by atoms with Crippen molar-refractivity contribution in [3.05, 3.63) is 0 Å². The zero-order valence-corrected chi connectivity index (χ0v) is 6.88. The highest BCUT2D eigenvalue weighted by atomic mass is 16.6. The Balaban J connectivity index is 1.92. The molecule has 1 N–H and O–H groups in total. The first kappa shape index (κ1) is 7.56. The number of aliphatic hydroxyl groups is 1. The minimum absolute atomic E-state index is 0.0829. The molecule has 0 aromatic rings. The molecule has 1 saturated heterocycles. The standard InChI is InChI=1S/C9H16O2/c10-6-9(7-11-9)8-4-2-1-3-5-8/h8,10H,1-7H2. The zero-order valence-electron chi connectivity index (χ0n) is 6.88. The molecule has 1 unspecified atom stereocenters. The maximum Gasteiger partial charge on any atom is 0.117 e. The molecule has 1 aliphatic carbocycles. The average molecular weight is 156 g/mol. The maximum absolute atomic E-state index is 9.08. The number of hydrogen-bond donors (Lipinski definition) is 1. The molecule has 11 heavy (non-hydrogen) atoms. The normalized spacial score (nSPS) is 39.0. The second-order valence-corrected chi connectivity index (χ2v) is 3.85. The topological polar surface area (TPSA) is 32.8 Å². The lowest BCUT2D eigenvalue weighted by molar-refractivity contribution is 0.100. The van der Waals surface area contributed by atoms with E-state index in [-0.39, 0.29) is 12.2 Å². The summed E-state index contributed by atoms with van der Waals surface area (Å²) in [4.78, 5) is 0. The van der Waals surface area contributed by atoms with E-state index in [0.717, 1.165) is 6.61 Å². The van der Waals surface area contributed by atoms with Gasteiger partial charge in [0.05, 0.1) is 13.2 Å². The largest absolute Gasteiger partial charge is 0.393 e. The van der Waals surface area contributed by atoms with Crippen molar-refractivity contribution in [3.63, 3.8) is 0 Å². The lowest BCUT2D eigenvalue weighted by Crippen LogP contribution is -2.30. The summed E-state index contributed by atoms with van der Waals surface area (Å²) in [5.74, 6) is 0.654. The molecule has 0 spiro atoms. The Kier molecular flexibility index (Phi) is 1.90. The Labute approximate surface area is 67.6 Å². The van der Waals surface area contributed by atoms with Crippen molar-refractivity contribution >= 4 is 0 Å². The van der Waals surface area contributed by atoms with Gasteiger partial charge in [0.2, 0.25) is 0 Å². The number of aliphatic hydroxyl groups excluding tert-OH is 1. The van der Waals surface area contributed by atoms with Crippen molar-refractivity contribution in [1.82, 2.24) is 0 Å². The third kappa shape index (κ3) is 1.30. The Hall–Kier alpha value is -0.0800. The van der Waals surface area contributed by atoms with Crippen LogP contribution in [0, 0.1) is 5.92 Å². The van der Waals surface area contributed by atoms with E-state index in [1.807, 2.05) is 0 Å². The number of rotatable bonds is 2. The molecular formula is C9H16O2. The van der Waals surface area contributed by atoms with Crippen molar-refractivity contribution in [2.24, 2.45) is 5.92 Å². The van der Waals surface area contributed by atoms with Crippen LogP contribution < -0.4 is 0 Å². The fraction of sp³-hybridized carbons (Fsp3) is 1.00. The molecule has 2 nitrogen and oxygen atoms in total. The molecule has 1 heterocycles. The van der Waals surface area contributed by atoms with E-state index in [2.05, 4.69) is 0 Å². The summed E-state index contributed by atoms with van der Waals surface area (Å²) in [6, 6.07) is 0. The van der Waals surface area contributed by atoms with Crippen molar-refractivity contribution < 1.29 is 9.84 Å². The van der Waals surface area contributed by atoms with Gasteiger partial charge in [-0.25, -0.2) is 0 Å². The molecule has 0 amide bonds. The molecule has 0 bridgehead atoms. The molecule has 1 aliphatic heterocycles. The van der Waals surface area contributed by atoms with Gasteiger partial charge in [-0.05, 0) is 18.8 Å². The summed E-state index contributed by atoms with van der Waals surface area (Å²) in [6.45, 7) is 1.03. The zero-order chi connectivity index (χ0) is 7.73. The first-order valence-corrected chi connectivity index (χ1v) is 4.62. The molecule has 0 radical (unpaired) electrons. The van der Waals surface area contributed by atoms with Crippen LogP contribution >= 0.6 is 0 Å². The summed E-state index contributed by atoms with van der Waals surface area (Å²) in [6.07, 6.45) is 6.56. The van der Waals surface area contributed by atoms with Gasteiger partial charge in [-0.3, -0.25) is 0 Å². The van der Waals surface area contributed by atoms with Crippen LogP contribution in [-0.2, 0) is 4.74 Å². The average Bonchev–Trinajstić information content (AvgIpc) is 2.86. The first-order valence-electron chi connectivity index (χ1n) is 4.62. The SMILES string of the molecule is OCC1(C2CCCCC2)CO1. The van der Waals surface area contributed by atoms with E-state index in [4.69, 9.17) is 9.84 Å². The molecule has 2 rings (SSSR count). The van der Waals surface area contributed by atoms with Crippen LogP contribution in [0.5, 0.6) is 0 Å². The van der Waals surface area contributed by atoms with Crippen LogP contribution in [0.4, 0.5) is 0 Å². The Bertz CT molecular complexity index is 134. The Morgan fingerprint density at radius 2 is 1.91 bits per heavy atom. The van der Waals surface area contributed by atoms with Gasteiger partial charge < -0.3 is 9.84 Å². The molecule has 1 atom stereocenters. The highest BCUT2D eigenvalue weighted by Gasteiger charge is 2.50. The van der Waals surface area contributed by atoms with E-state index >= 15 is 0 Å². The smallest absolute Gasteiger partial charge is 0.117 e. The van der Waals surface area contributed by atoms with Crippen LogP contribution in [0.25, 0.3) is 0 Å². The minimum atomic E-state index is -0.0829. The molecule has 2 fully saturated rings. The Morgan fingerprint density at radius 3 is 2.36 bits per heavy atom. The van der Waals surface area contributed by atoms with Crippen LogP contribution in [0.15, 0.2) is 0 Å². The van der Waals surface area contributed by atoms with E-state index in [1.54, 1.807) is 0 Å². The van der Waals surface area contributed by atoms with Gasteiger partial charge in [0, 0.05) is 0 Å². The van der Waals surface area contributed by atoms with Gasteiger partial charge in [0.1, 0.15) is 5.60 Å². The van der Waals surface area contributed by atoms with Gasteiger partial charge in [-0.1, -0.05) is 19.3 Å². The van der Waals surface area contributed by atoms with Crippen molar-refractivity contribution in [2.75, 3.05) is 13.2 Å². The lowest BCUT2D eigenvalue weighted by Gasteiger charge is -2.26. The highest BCUT2D eigenvalue weighted by Crippen LogP contribution is 2.42. The summed E-state index contributed by atoms with van der Waals surface area (Å²) < 4.78 is 5.33. The van der Waals surface area contributed by atoms with Gasteiger partial charge in [0.25, 0.3) is 0 Å². The molecule has 64 valence electrons. The second kappa shape index (κ2) is 2.76. The van der Waals surface area contributed by atoms with E-state index in [0.29, 0.717) is 5.92 Å². The van der Waals surface area contributed by atoms with Crippen molar-refractivity contribution in [1.29, 1.82) is 0 Å². The van der Waals surface area contributed by atoms with Crippen molar-refractivity contribution in [2.45, 2.75) is 37.7 Å². The van der Waals surface area contributed by atoms with Gasteiger partial charge >= 0.3 is 0 Å². The second-order valence-electron chi connectivity index (χ2n) is 3.85. The van der Waals surface area contributed by atoms with Gasteiger partial charge in [-0.2, -0.15) is 0 Å². The van der Waals surface area contributed by atoms with Crippen LogP contribution in [0.1, 0.15) is 32.1 Å². The molecule has 2 heteroatoms. The monoisotopic (exact) mass is 156 g/mol. The fourth-order valence-corrected chi connectivity index (χ4v) is 2.18. The third-order valence-electron chi connectivity index (χ3n) is 3.13. The Morgan fingerprint density at radius 1 is 1.27 bits per heavy atom. The van der Waals surface area contributed by atoms with E-state index < -0.39 is 0 Å². The first-order chi connectivity index (χ1) is 5.37. The van der Waals surface area contributed by atoms with E-state index in [1.165, 1.54) is 32.1 Å². The molecule has 2 aliphatic rings. The minimum Gasteiger partial charge on any atom is -0.393 e. The summed E-state index contributed by atoms with van der Waals surface area (Å²) in [5, 5.41) is 9.08. The highest BCUT2D eigenvalue weighted by molar-refractivity contribution is 4.98. The van der Waals surface area contributed by atoms with Crippen LogP contribution in [0.3, 0.4) is 0 Å². The van der Waals surface area contributed by atoms with Crippen LogP contribution in [0.2, 0.25) is 0 Å². The maximum atomic E-state index is 9.08. The fourth-order valence-electron chi connectivity index (χ4n) is 2.18. The van der Waals surface area contributed by atoms with Gasteiger partial charge in [0.15, 0.2) is 0 Å². The predicted molar refractivity (Wildman–Crippen MR) is 42.3 cm³/mol. The van der Waals surface area contributed by atoms with Crippen molar-refractivity contribution in [3.8, 4) is 0 Å². The van der Waals surface area contributed by atoms with Gasteiger partial charge in [-0.15, -0.1) is 0 Å². The number of hydrogen-bond acceptors (Lipinski definition) is 2. The molecular weight excluding hydrogens is 140 g/mol. The number of epoxide rings is 1.